The van der Waals surface area contributed by atoms with Crippen molar-refractivity contribution in [2.75, 3.05) is 0 Å². The molecule has 5 heteroatoms. The van der Waals surface area contributed by atoms with E-state index in [0.29, 0.717) is 0 Å². The molecule has 1 aromatic rings. The molecule has 1 heterocycles. The highest BCUT2D eigenvalue weighted by Gasteiger charge is 1.93. The van der Waals surface area contributed by atoms with Crippen molar-refractivity contribution in [2.45, 2.75) is 0 Å². The first kappa shape index (κ1) is 7.41. The van der Waals surface area contributed by atoms with Gasteiger partial charge >= 0.3 is 0 Å². The molecule has 0 aliphatic heterocycles. The molecule has 0 fully saturated rings. The Hall–Kier alpha value is -0.700. The molecule has 1 aromatic heterocycles. The molecule has 0 bridgehead atoms. The second-order valence-electron chi connectivity index (χ2n) is 1.71. The second-order valence-corrected chi connectivity index (χ2v) is 3.22. The van der Waals surface area contributed by atoms with Crippen molar-refractivity contribution in [3.05, 3.63) is 24.5 Å². The standard InChI is InChI=1S/C5H6NO3P/c7-10(8,9)5-2-1-3-6-4-5/h1-4H,(H2,7,8,9)/p-2. The quantitative estimate of drug-likeness (QED) is 0.471. The molecular weight excluding hydrogens is 153 g/mol. The fourth-order valence-corrected chi connectivity index (χ4v) is 0.992. The molecule has 1 rings (SSSR count). The minimum Gasteiger partial charge on any atom is -0.807 e. The van der Waals surface area contributed by atoms with Gasteiger partial charge in [-0.25, -0.2) is 0 Å². The van der Waals surface area contributed by atoms with E-state index in [9.17, 15) is 14.4 Å². The Labute approximate surface area is 57.7 Å². The van der Waals surface area contributed by atoms with E-state index in [-0.39, 0.29) is 5.30 Å². The Morgan fingerprint density at radius 2 is 2.20 bits per heavy atom. The van der Waals surface area contributed by atoms with E-state index < -0.39 is 7.60 Å². The lowest BCUT2D eigenvalue weighted by atomic mass is 10.5. The first-order valence-corrected chi connectivity index (χ1v) is 4.07. The lowest BCUT2D eigenvalue weighted by Crippen LogP contribution is -2.24. The van der Waals surface area contributed by atoms with Crippen LogP contribution in [0.5, 0.6) is 0 Å². The predicted molar refractivity (Wildman–Crippen MR) is 31.5 cm³/mol. The monoisotopic (exact) mass is 157 g/mol. The molecule has 0 aliphatic carbocycles. The maximum absolute atomic E-state index is 10.3. The average molecular weight is 157 g/mol. The molecule has 0 aromatic carbocycles. The molecule has 0 radical (unpaired) electrons. The zero-order valence-electron chi connectivity index (χ0n) is 4.93. The third-order valence-corrected chi connectivity index (χ3v) is 1.86. The lowest BCUT2D eigenvalue weighted by Gasteiger charge is -2.28. The van der Waals surface area contributed by atoms with E-state index >= 15 is 0 Å². The van der Waals surface area contributed by atoms with Gasteiger partial charge in [-0.2, -0.15) is 0 Å². The highest BCUT2D eigenvalue weighted by Crippen LogP contribution is 2.20. The Balaban J connectivity index is 3.09. The van der Waals surface area contributed by atoms with Crippen molar-refractivity contribution in [3.63, 3.8) is 0 Å². The number of nitrogens with zero attached hydrogens (tertiary/aromatic N) is 1. The maximum Gasteiger partial charge on any atom is 0.0352 e. The van der Waals surface area contributed by atoms with Gasteiger partial charge in [-0.15, -0.1) is 0 Å². The van der Waals surface area contributed by atoms with Crippen LogP contribution < -0.4 is 15.1 Å². The fraction of sp³-hybridized carbons (Fsp3) is 0. The van der Waals surface area contributed by atoms with E-state index in [1.807, 2.05) is 0 Å². The number of hydrogen-bond donors (Lipinski definition) is 0. The Bertz CT molecular complexity index is 255. The molecule has 0 N–H and O–H groups in total. The second kappa shape index (κ2) is 2.50. The van der Waals surface area contributed by atoms with Gasteiger partial charge in [-0.1, -0.05) is 6.07 Å². The molecule has 0 saturated carbocycles. The smallest absolute Gasteiger partial charge is 0.0352 e. The molecule has 0 spiro atoms. The Morgan fingerprint density at radius 3 is 2.50 bits per heavy atom. The topological polar surface area (TPSA) is 76.1 Å². The van der Waals surface area contributed by atoms with Gasteiger partial charge in [-0.3, -0.25) is 4.98 Å². The van der Waals surface area contributed by atoms with E-state index in [4.69, 9.17) is 0 Å². The minimum absolute atomic E-state index is 0.269. The molecule has 0 atom stereocenters. The third kappa shape index (κ3) is 1.64. The first-order valence-electron chi connectivity index (χ1n) is 2.53. The van der Waals surface area contributed by atoms with Gasteiger partial charge in [0.15, 0.2) is 0 Å². The van der Waals surface area contributed by atoms with E-state index in [1.165, 1.54) is 18.3 Å². The zero-order chi connectivity index (χ0) is 7.61. The van der Waals surface area contributed by atoms with Gasteiger partial charge in [0.05, 0.1) is 0 Å². The summed E-state index contributed by atoms with van der Waals surface area (Å²) in [5.74, 6) is 0. The van der Waals surface area contributed by atoms with Crippen molar-refractivity contribution in [1.82, 2.24) is 4.98 Å². The van der Waals surface area contributed by atoms with Gasteiger partial charge in [0.2, 0.25) is 0 Å². The van der Waals surface area contributed by atoms with Gasteiger partial charge in [0.25, 0.3) is 0 Å². The lowest BCUT2D eigenvalue weighted by molar-refractivity contribution is -0.307. The van der Waals surface area contributed by atoms with Crippen LogP contribution >= 0.6 is 7.60 Å². The molecule has 0 aliphatic rings. The molecule has 0 amide bonds. The predicted octanol–water partition coefficient (Wildman–Crippen LogP) is -1.38. The van der Waals surface area contributed by atoms with Crippen molar-refractivity contribution in [1.29, 1.82) is 0 Å². The molecular formula is C5H4NO3P-2. The number of pyridine rings is 1. The molecule has 10 heavy (non-hydrogen) atoms. The molecule has 0 saturated heterocycles. The van der Waals surface area contributed by atoms with Crippen LogP contribution in [0.25, 0.3) is 0 Å². The summed E-state index contributed by atoms with van der Waals surface area (Å²) in [7, 11) is -4.58. The van der Waals surface area contributed by atoms with Gasteiger partial charge in [0.1, 0.15) is 0 Å². The van der Waals surface area contributed by atoms with Crippen molar-refractivity contribution < 1.29 is 14.4 Å². The Kier molecular flexibility index (Phi) is 1.85. The Morgan fingerprint density at radius 1 is 1.50 bits per heavy atom. The summed E-state index contributed by atoms with van der Waals surface area (Å²) in [5, 5.41) is -0.269. The normalized spacial score (nSPS) is 11.4. The SMILES string of the molecule is O=P([O-])([O-])c1cccnc1. The van der Waals surface area contributed by atoms with E-state index in [1.54, 1.807) is 0 Å². The van der Waals surface area contributed by atoms with Crippen LogP contribution in [0.3, 0.4) is 0 Å². The van der Waals surface area contributed by atoms with Crippen LogP contribution in [0.1, 0.15) is 0 Å². The number of aromatic nitrogens is 1. The molecule has 54 valence electrons. The maximum atomic E-state index is 10.3. The number of hydrogen-bond acceptors (Lipinski definition) is 4. The third-order valence-electron chi connectivity index (χ3n) is 0.962. The fourth-order valence-electron chi connectivity index (χ4n) is 0.516. The summed E-state index contributed by atoms with van der Waals surface area (Å²) in [5.41, 5.74) is 0. The summed E-state index contributed by atoms with van der Waals surface area (Å²) in [6.45, 7) is 0. The highest BCUT2D eigenvalue weighted by atomic mass is 31.2. The van der Waals surface area contributed by atoms with Crippen LogP contribution in [0, 0.1) is 0 Å². The highest BCUT2D eigenvalue weighted by molar-refractivity contribution is 7.57. The van der Waals surface area contributed by atoms with Gasteiger partial charge in [0, 0.05) is 17.7 Å². The summed E-state index contributed by atoms with van der Waals surface area (Å²) in [6, 6.07) is 2.62. The van der Waals surface area contributed by atoms with Crippen LogP contribution in [0.15, 0.2) is 24.5 Å². The van der Waals surface area contributed by atoms with Crippen LogP contribution in [-0.4, -0.2) is 4.98 Å². The average Bonchev–Trinajstić information content (AvgIpc) is 1.88. The summed E-state index contributed by atoms with van der Waals surface area (Å²) in [4.78, 5) is 24.0. The van der Waals surface area contributed by atoms with Crippen LogP contribution in [-0.2, 0) is 4.57 Å². The van der Waals surface area contributed by atoms with Crippen LogP contribution in [0.4, 0.5) is 0 Å². The van der Waals surface area contributed by atoms with E-state index in [2.05, 4.69) is 4.98 Å². The van der Waals surface area contributed by atoms with Gasteiger partial charge in [-0.05, 0) is 13.7 Å². The van der Waals surface area contributed by atoms with E-state index in [0.717, 1.165) is 6.20 Å². The largest absolute Gasteiger partial charge is 0.807 e. The van der Waals surface area contributed by atoms with Crippen molar-refractivity contribution >= 4 is 12.9 Å². The van der Waals surface area contributed by atoms with Crippen molar-refractivity contribution in [3.8, 4) is 0 Å². The summed E-state index contributed by atoms with van der Waals surface area (Å²) >= 11 is 0. The summed E-state index contributed by atoms with van der Waals surface area (Å²) < 4.78 is 10.3. The van der Waals surface area contributed by atoms with Crippen LogP contribution in [0.2, 0.25) is 0 Å². The molecule has 4 nitrogen and oxygen atoms in total. The zero-order valence-corrected chi connectivity index (χ0v) is 5.82. The van der Waals surface area contributed by atoms with Crippen molar-refractivity contribution in [2.24, 2.45) is 0 Å². The summed E-state index contributed by atoms with van der Waals surface area (Å²) in [6.07, 6.45) is 2.43. The number of rotatable bonds is 1. The first-order chi connectivity index (χ1) is 4.61. The minimum atomic E-state index is -4.58. The van der Waals surface area contributed by atoms with Gasteiger partial charge < -0.3 is 14.4 Å². The molecule has 0 unspecified atom stereocenters.